The normalized spacial score (nSPS) is 18.3. The Morgan fingerprint density at radius 3 is 2.34 bits per heavy atom. The molecule has 0 aromatic heterocycles. The van der Waals surface area contributed by atoms with Crippen LogP contribution in [0.25, 0.3) is 10.8 Å². The van der Waals surface area contributed by atoms with Crippen LogP contribution in [0.1, 0.15) is 33.2 Å². The van der Waals surface area contributed by atoms with Crippen molar-refractivity contribution in [3.05, 3.63) is 75.8 Å². The number of benzene rings is 3. The van der Waals surface area contributed by atoms with E-state index in [1.54, 1.807) is 31.2 Å². The topological polar surface area (TPSA) is 82.4 Å². The number of carbonyl (C=O) groups is 3. The molecule has 2 heterocycles. The third kappa shape index (κ3) is 3.06. The van der Waals surface area contributed by atoms with Crippen molar-refractivity contribution in [2.24, 2.45) is 16.1 Å². The van der Waals surface area contributed by atoms with Gasteiger partial charge in [-0.05, 0) is 49.6 Å². The Morgan fingerprint density at radius 2 is 1.62 bits per heavy atom. The standard InChI is InChI=1S/C24H17BrN4O3/c1-13-6-8-15(9-7-13)28-24(32)19(14(2)27-28)12-26-29-22(30)17-5-3-4-16-20(25)11-10-18(21(16)17)23(29)31/h3-12,19H,1-2H3/b26-12-/t19-/m0/s1. The minimum atomic E-state index is -0.765. The molecule has 1 atom stereocenters. The maximum atomic E-state index is 13.1. The van der Waals surface area contributed by atoms with Crippen LogP contribution in [-0.2, 0) is 4.79 Å². The van der Waals surface area contributed by atoms with Crippen LogP contribution in [0.15, 0.2) is 69.3 Å². The average Bonchev–Trinajstić information content (AvgIpc) is 3.07. The lowest BCUT2D eigenvalue weighted by atomic mass is 9.95. The van der Waals surface area contributed by atoms with Gasteiger partial charge in [0, 0.05) is 16.1 Å². The van der Waals surface area contributed by atoms with Gasteiger partial charge in [-0.25, -0.2) is 0 Å². The van der Waals surface area contributed by atoms with E-state index >= 15 is 0 Å². The Morgan fingerprint density at radius 1 is 0.938 bits per heavy atom. The van der Waals surface area contributed by atoms with E-state index in [2.05, 4.69) is 26.1 Å². The summed E-state index contributed by atoms with van der Waals surface area (Å²) in [6.07, 6.45) is 1.31. The van der Waals surface area contributed by atoms with Crippen molar-refractivity contribution in [3.63, 3.8) is 0 Å². The molecule has 0 saturated carbocycles. The van der Waals surface area contributed by atoms with Crippen LogP contribution in [0.3, 0.4) is 0 Å². The predicted molar refractivity (Wildman–Crippen MR) is 126 cm³/mol. The number of nitrogens with zero attached hydrogens (tertiary/aromatic N) is 4. The SMILES string of the molecule is CC1=NN(c2ccc(C)cc2)C(=O)[C@H]1/C=N\N1C(=O)c2cccc3c(Br)ccc(c23)C1=O. The summed E-state index contributed by atoms with van der Waals surface area (Å²) in [6.45, 7) is 3.68. The molecule has 2 aliphatic rings. The number of carbonyl (C=O) groups excluding carboxylic acids is 3. The monoisotopic (exact) mass is 488 g/mol. The molecule has 0 spiro atoms. The molecule has 0 fully saturated rings. The predicted octanol–water partition coefficient (Wildman–Crippen LogP) is 4.53. The number of rotatable bonds is 3. The number of amides is 3. The second-order valence-electron chi connectivity index (χ2n) is 7.71. The molecular formula is C24H17BrN4O3. The van der Waals surface area contributed by atoms with Gasteiger partial charge in [0.05, 0.1) is 22.5 Å². The second-order valence-corrected chi connectivity index (χ2v) is 8.57. The maximum Gasteiger partial charge on any atom is 0.282 e. The van der Waals surface area contributed by atoms with Gasteiger partial charge in [0.25, 0.3) is 17.7 Å². The van der Waals surface area contributed by atoms with Crippen molar-refractivity contribution in [2.45, 2.75) is 13.8 Å². The Labute approximate surface area is 192 Å². The van der Waals surface area contributed by atoms with Gasteiger partial charge < -0.3 is 0 Å². The van der Waals surface area contributed by atoms with Gasteiger partial charge in [-0.3, -0.25) is 14.4 Å². The van der Waals surface area contributed by atoms with Crippen molar-refractivity contribution in [1.82, 2.24) is 5.01 Å². The summed E-state index contributed by atoms with van der Waals surface area (Å²) in [5.74, 6) is -2.12. The zero-order chi connectivity index (χ0) is 22.6. The largest absolute Gasteiger partial charge is 0.282 e. The summed E-state index contributed by atoms with van der Waals surface area (Å²) in [5, 5.41) is 12.0. The highest BCUT2D eigenvalue weighted by Gasteiger charge is 2.36. The zero-order valence-corrected chi connectivity index (χ0v) is 18.8. The maximum absolute atomic E-state index is 13.1. The van der Waals surface area contributed by atoms with Crippen LogP contribution < -0.4 is 5.01 Å². The van der Waals surface area contributed by atoms with Crippen molar-refractivity contribution in [2.75, 3.05) is 5.01 Å². The lowest BCUT2D eigenvalue weighted by Gasteiger charge is -2.23. The van der Waals surface area contributed by atoms with Crippen LogP contribution in [0.2, 0.25) is 0 Å². The number of anilines is 1. The van der Waals surface area contributed by atoms with Crippen LogP contribution >= 0.6 is 15.9 Å². The van der Waals surface area contributed by atoms with Crippen LogP contribution in [0, 0.1) is 12.8 Å². The van der Waals surface area contributed by atoms with Crippen LogP contribution in [0.5, 0.6) is 0 Å². The Hall–Kier alpha value is -3.65. The van der Waals surface area contributed by atoms with E-state index in [1.165, 1.54) is 11.2 Å². The van der Waals surface area contributed by atoms with Crippen molar-refractivity contribution in [1.29, 1.82) is 0 Å². The van der Waals surface area contributed by atoms with Crippen molar-refractivity contribution in [3.8, 4) is 0 Å². The molecule has 0 saturated heterocycles. The van der Waals surface area contributed by atoms with E-state index in [4.69, 9.17) is 0 Å². The molecule has 2 aliphatic heterocycles. The molecule has 7 nitrogen and oxygen atoms in total. The Bertz CT molecular complexity index is 1360. The summed E-state index contributed by atoms with van der Waals surface area (Å²) >= 11 is 3.47. The van der Waals surface area contributed by atoms with E-state index in [0.29, 0.717) is 27.9 Å². The Balaban J connectivity index is 1.46. The molecule has 0 radical (unpaired) electrons. The highest BCUT2D eigenvalue weighted by Crippen LogP contribution is 2.34. The fourth-order valence-electron chi connectivity index (χ4n) is 3.91. The minimum Gasteiger partial charge on any atom is -0.271 e. The van der Waals surface area contributed by atoms with E-state index < -0.39 is 17.7 Å². The first-order valence-electron chi connectivity index (χ1n) is 9.96. The second kappa shape index (κ2) is 7.49. The number of hydrazone groups is 2. The molecule has 3 aromatic rings. The molecule has 158 valence electrons. The Kier molecular flexibility index (Phi) is 4.74. The van der Waals surface area contributed by atoms with Gasteiger partial charge in [-0.1, -0.05) is 45.8 Å². The van der Waals surface area contributed by atoms with Crippen LogP contribution in [0.4, 0.5) is 5.69 Å². The molecular weight excluding hydrogens is 472 g/mol. The summed E-state index contributed by atoms with van der Waals surface area (Å²) < 4.78 is 0.801. The highest BCUT2D eigenvalue weighted by atomic mass is 79.9. The van der Waals surface area contributed by atoms with E-state index in [0.717, 1.165) is 20.4 Å². The fraction of sp³-hybridized carbons (Fsp3) is 0.125. The molecule has 32 heavy (non-hydrogen) atoms. The number of imide groups is 1. The quantitative estimate of drug-likeness (QED) is 0.401. The van der Waals surface area contributed by atoms with Gasteiger partial charge >= 0.3 is 0 Å². The number of halogens is 1. The first kappa shape index (κ1) is 20.3. The first-order chi connectivity index (χ1) is 15.4. The van der Waals surface area contributed by atoms with E-state index in [1.807, 2.05) is 37.3 Å². The van der Waals surface area contributed by atoms with Crippen LogP contribution in [-0.4, -0.2) is 34.7 Å². The van der Waals surface area contributed by atoms with Crippen molar-refractivity contribution >= 4 is 62.0 Å². The molecule has 0 N–H and O–H groups in total. The lowest BCUT2D eigenvalue weighted by molar-refractivity contribution is -0.118. The van der Waals surface area contributed by atoms with Crippen molar-refractivity contribution < 1.29 is 14.4 Å². The van der Waals surface area contributed by atoms with Gasteiger partial charge in [0.1, 0.15) is 5.92 Å². The third-order valence-corrected chi connectivity index (χ3v) is 6.32. The zero-order valence-electron chi connectivity index (χ0n) is 17.2. The fourth-order valence-corrected chi connectivity index (χ4v) is 4.37. The summed E-state index contributed by atoms with van der Waals surface area (Å²) in [5.41, 5.74) is 3.03. The summed E-state index contributed by atoms with van der Waals surface area (Å²) in [7, 11) is 0. The van der Waals surface area contributed by atoms with Gasteiger partial charge in [-0.15, -0.1) is 0 Å². The van der Waals surface area contributed by atoms with E-state index in [-0.39, 0.29) is 5.91 Å². The highest BCUT2D eigenvalue weighted by molar-refractivity contribution is 9.10. The third-order valence-electron chi connectivity index (χ3n) is 5.63. The molecule has 3 aromatic carbocycles. The number of aryl methyl sites for hydroxylation is 1. The summed E-state index contributed by atoms with van der Waals surface area (Å²) in [4.78, 5) is 39.1. The lowest BCUT2D eigenvalue weighted by Crippen LogP contribution is -2.37. The molecule has 8 heteroatoms. The summed E-state index contributed by atoms with van der Waals surface area (Å²) in [6, 6.07) is 16.2. The molecule has 0 bridgehead atoms. The van der Waals surface area contributed by atoms with Gasteiger partial charge in [-0.2, -0.15) is 20.2 Å². The molecule has 0 aliphatic carbocycles. The average molecular weight is 489 g/mol. The van der Waals surface area contributed by atoms with Gasteiger partial charge in [0.15, 0.2) is 0 Å². The molecule has 5 rings (SSSR count). The minimum absolute atomic E-state index is 0.293. The van der Waals surface area contributed by atoms with Gasteiger partial charge in [0.2, 0.25) is 0 Å². The number of hydrogen-bond donors (Lipinski definition) is 0. The van der Waals surface area contributed by atoms with E-state index in [9.17, 15) is 14.4 Å². The smallest absolute Gasteiger partial charge is 0.271 e. The molecule has 3 amide bonds. The first-order valence-corrected chi connectivity index (χ1v) is 10.8. The molecule has 0 unspecified atom stereocenters. The number of hydrogen-bond acceptors (Lipinski definition) is 5.